The minimum Gasteiger partial charge on any atom is -0.394 e. The van der Waals surface area contributed by atoms with Crippen molar-refractivity contribution in [3.05, 3.63) is 0 Å². The maximum absolute atomic E-state index is 12.3. The van der Waals surface area contributed by atoms with Crippen molar-refractivity contribution in [3.8, 4) is 0 Å². The van der Waals surface area contributed by atoms with E-state index in [1.54, 1.807) is 11.8 Å². The maximum Gasteiger partial charge on any atom is 0.233 e. The van der Waals surface area contributed by atoms with E-state index in [2.05, 4.69) is 6.92 Å². The van der Waals surface area contributed by atoms with E-state index in [1.165, 1.54) is 19.3 Å². The van der Waals surface area contributed by atoms with Crippen molar-refractivity contribution in [2.24, 2.45) is 5.92 Å². The summed E-state index contributed by atoms with van der Waals surface area (Å²) in [5.74, 6) is -0.594. The van der Waals surface area contributed by atoms with Gasteiger partial charge in [0.2, 0.25) is 5.91 Å². The first-order chi connectivity index (χ1) is 9.61. The van der Waals surface area contributed by atoms with Gasteiger partial charge in [0.1, 0.15) is 5.78 Å². The van der Waals surface area contributed by atoms with Crippen molar-refractivity contribution < 1.29 is 14.7 Å². The van der Waals surface area contributed by atoms with Gasteiger partial charge in [-0.3, -0.25) is 9.59 Å². The van der Waals surface area contributed by atoms with Gasteiger partial charge < -0.3 is 10.0 Å². The third-order valence-electron chi connectivity index (χ3n) is 4.25. The van der Waals surface area contributed by atoms with Crippen molar-refractivity contribution in [1.82, 2.24) is 4.90 Å². The molecule has 20 heavy (non-hydrogen) atoms. The second-order valence-corrected chi connectivity index (χ2v) is 5.86. The summed E-state index contributed by atoms with van der Waals surface area (Å²) in [4.78, 5) is 26.0. The molecule has 0 aliphatic carbocycles. The normalized spacial score (nSPS) is 20.1. The van der Waals surface area contributed by atoms with Crippen LogP contribution < -0.4 is 0 Å². The standard InChI is InChI=1S/C16H29NO3/c1-3-4-5-6-7-10-15(19)13(2)16(20)17-11-8-9-14(17)12-18/h13-14,18H,3-12H2,1-2H3/t13-,14-/m1/s1. The van der Waals surface area contributed by atoms with Crippen molar-refractivity contribution in [3.63, 3.8) is 0 Å². The molecule has 116 valence electrons. The predicted octanol–water partition coefficient (Wildman–Crippen LogP) is 2.54. The summed E-state index contributed by atoms with van der Waals surface area (Å²) in [6.45, 7) is 4.56. The maximum atomic E-state index is 12.3. The lowest BCUT2D eigenvalue weighted by atomic mass is 9.98. The Labute approximate surface area is 122 Å². The second kappa shape index (κ2) is 9.11. The number of hydrogen-bond acceptors (Lipinski definition) is 3. The third kappa shape index (κ3) is 4.89. The molecular formula is C16H29NO3. The molecular weight excluding hydrogens is 254 g/mol. The second-order valence-electron chi connectivity index (χ2n) is 5.86. The van der Waals surface area contributed by atoms with E-state index in [9.17, 15) is 14.7 Å². The first-order valence-electron chi connectivity index (χ1n) is 8.05. The predicted molar refractivity (Wildman–Crippen MR) is 79.4 cm³/mol. The van der Waals surface area contributed by atoms with E-state index in [1.807, 2.05) is 0 Å². The summed E-state index contributed by atoms with van der Waals surface area (Å²) in [6, 6.07) is -0.0812. The first-order valence-corrected chi connectivity index (χ1v) is 8.05. The van der Waals surface area contributed by atoms with Gasteiger partial charge in [-0.15, -0.1) is 0 Å². The van der Waals surface area contributed by atoms with Gasteiger partial charge in [0.15, 0.2) is 0 Å². The van der Waals surface area contributed by atoms with E-state index in [0.29, 0.717) is 13.0 Å². The molecule has 0 aromatic carbocycles. The lowest BCUT2D eigenvalue weighted by Gasteiger charge is -2.25. The zero-order chi connectivity index (χ0) is 15.0. The van der Waals surface area contributed by atoms with Crippen molar-refractivity contribution in [2.75, 3.05) is 13.2 Å². The van der Waals surface area contributed by atoms with E-state index in [-0.39, 0.29) is 24.3 Å². The number of ketones is 1. The average Bonchev–Trinajstić information content (AvgIpc) is 2.93. The summed E-state index contributed by atoms with van der Waals surface area (Å²) in [6.07, 6.45) is 7.83. The summed E-state index contributed by atoms with van der Waals surface area (Å²) in [5.41, 5.74) is 0. The van der Waals surface area contributed by atoms with Crippen LogP contribution in [0.3, 0.4) is 0 Å². The average molecular weight is 283 g/mol. The molecule has 1 N–H and O–H groups in total. The van der Waals surface area contributed by atoms with Crippen molar-refractivity contribution in [1.29, 1.82) is 0 Å². The zero-order valence-corrected chi connectivity index (χ0v) is 12.9. The van der Waals surface area contributed by atoms with E-state index in [4.69, 9.17) is 0 Å². The van der Waals surface area contributed by atoms with Crippen LogP contribution >= 0.6 is 0 Å². The quantitative estimate of drug-likeness (QED) is 0.522. The Kier molecular flexibility index (Phi) is 7.82. The third-order valence-corrected chi connectivity index (χ3v) is 4.25. The van der Waals surface area contributed by atoms with Gasteiger partial charge in [-0.1, -0.05) is 32.6 Å². The van der Waals surface area contributed by atoms with Gasteiger partial charge in [0.25, 0.3) is 0 Å². The fraction of sp³-hybridized carbons (Fsp3) is 0.875. The lowest BCUT2D eigenvalue weighted by molar-refractivity contribution is -0.141. The molecule has 0 spiro atoms. The molecule has 0 unspecified atom stereocenters. The van der Waals surface area contributed by atoms with Crippen LogP contribution in [0.5, 0.6) is 0 Å². The number of hydrogen-bond donors (Lipinski definition) is 1. The molecule has 0 saturated carbocycles. The molecule has 1 amide bonds. The van der Waals surface area contributed by atoms with Gasteiger partial charge in [-0.25, -0.2) is 0 Å². The van der Waals surface area contributed by atoms with E-state index in [0.717, 1.165) is 25.7 Å². The molecule has 0 bridgehead atoms. The highest BCUT2D eigenvalue weighted by molar-refractivity contribution is 6.01. The van der Waals surface area contributed by atoms with Crippen molar-refractivity contribution >= 4 is 11.7 Å². The highest BCUT2D eigenvalue weighted by Gasteiger charge is 2.33. The van der Waals surface area contributed by atoms with Crippen LogP contribution in [0, 0.1) is 5.92 Å². The Balaban J connectivity index is 2.34. The highest BCUT2D eigenvalue weighted by Crippen LogP contribution is 2.20. The molecule has 4 heteroatoms. The molecule has 0 aromatic heterocycles. The Morgan fingerprint density at radius 2 is 1.95 bits per heavy atom. The number of nitrogens with zero attached hydrogens (tertiary/aromatic N) is 1. The Bertz CT molecular complexity index is 317. The molecule has 1 aliphatic heterocycles. The topological polar surface area (TPSA) is 57.6 Å². The summed E-state index contributed by atoms with van der Waals surface area (Å²) in [7, 11) is 0. The van der Waals surface area contributed by atoms with E-state index < -0.39 is 5.92 Å². The molecule has 2 atom stereocenters. The molecule has 1 saturated heterocycles. The lowest BCUT2D eigenvalue weighted by Crippen LogP contribution is -2.42. The van der Waals surface area contributed by atoms with Gasteiger partial charge >= 0.3 is 0 Å². The number of carbonyl (C=O) groups is 2. The van der Waals surface area contributed by atoms with Crippen LogP contribution in [0.25, 0.3) is 0 Å². The van der Waals surface area contributed by atoms with Crippen LogP contribution in [0.15, 0.2) is 0 Å². The van der Waals surface area contributed by atoms with Gasteiger partial charge in [0.05, 0.1) is 18.6 Å². The van der Waals surface area contributed by atoms with E-state index >= 15 is 0 Å². The Hall–Kier alpha value is -0.900. The van der Waals surface area contributed by atoms with Crippen LogP contribution in [-0.2, 0) is 9.59 Å². The molecule has 0 aromatic rings. The number of Topliss-reactive ketones (excluding diaryl/α,β-unsaturated/α-hetero) is 1. The number of unbranched alkanes of at least 4 members (excludes halogenated alkanes) is 4. The minimum atomic E-state index is -0.548. The Morgan fingerprint density at radius 3 is 2.60 bits per heavy atom. The number of rotatable bonds is 9. The van der Waals surface area contributed by atoms with Crippen LogP contribution in [-0.4, -0.2) is 40.9 Å². The Morgan fingerprint density at radius 1 is 1.25 bits per heavy atom. The fourth-order valence-corrected chi connectivity index (χ4v) is 2.82. The summed E-state index contributed by atoms with van der Waals surface area (Å²) >= 11 is 0. The number of aliphatic hydroxyl groups excluding tert-OH is 1. The molecule has 1 heterocycles. The smallest absolute Gasteiger partial charge is 0.233 e. The van der Waals surface area contributed by atoms with Crippen LogP contribution in [0.1, 0.15) is 65.2 Å². The van der Waals surface area contributed by atoms with Gasteiger partial charge in [0, 0.05) is 13.0 Å². The fourth-order valence-electron chi connectivity index (χ4n) is 2.82. The van der Waals surface area contributed by atoms with Crippen molar-refractivity contribution in [2.45, 2.75) is 71.3 Å². The zero-order valence-electron chi connectivity index (χ0n) is 12.9. The van der Waals surface area contributed by atoms with Gasteiger partial charge in [-0.05, 0) is 26.2 Å². The first kappa shape index (κ1) is 17.2. The number of aliphatic hydroxyl groups is 1. The summed E-state index contributed by atoms with van der Waals surface area (Å²) < 4.78 is 0. The van der Waals surface area contributed by atoms with Crippen LogP contribution in [0.2, 0.25) is 0 Å². The highest BCUT2D eigenvalue weighted by atomic mass is 16.3. The minimum absolute atomic E-state index is 0.00364. The summed E-state index contributed by atoms with van der Waals surface area (Å²) in [5, 5.41) is 9.25. The SMILES string of the molecule is CCCCCCCC(=O)[C@@H](C)C(=O)N1CCC[C@@H]1CO. The largest absolute Gasteiger partial charge is 0.394 e. The molecule has 1 rings (SSSR count). The molecule has 1 aliphatic rings. The number of carbonyl (C=O) groups excluding carboxylic acids is 2. The monoisotopic (exact) mass is 283 g/mol. The molecule has 4 nitrogen and oxygen atoms in total. The van der Waals surface area contributed by atoms with Gasteiger partial charge in [-0.2, -0.15) is 0 Å². The van der Waals surface area contributed by atoms with Crippen LogP contribution in [0.4, 0.5) is 0 Å². The number of amides is 1. The number of likely N-dealkylation sites (tertiary alicyclic amines) is 1. The molecule has 1 fully saturated rings. The molecule has 0 radical (unpaired) electrons.